The Morgan fingerprint density at radius 3 is 2.38 bits per heavy atom. The van der Waals surface area contributed by atoms with Crippen LogP contribution >= 0.6 is 11.8 Å². The predicted octanol–water partition coefficient (Wildman–Crippen LogP) is 1.68. The number of rotatable bonds is 6. The lowest BCUT2D eigenvalue weighted by molar-refractivity contribution is 0.491. The van der Waals surface area contributed by atoms with Crippen LogP contribution in [0.15, 0.2) is 0 Å². The Labute approximate surface area is 104 Å². The molecule has 1 N–H and O–H groups in total. The van der Waals surface area contributed by atoms with Gasteiger partial charge in [-0.15, -0.1) is 0 Å². The molecule has 96 valence electrons. The Morgan fingerprint density at radius 2 is 1.94 bits per heavy atom. The first-order valence-corrected chi connectivity index (χ1v) is 9.12. The SMILES string of the molecule is CSC1(CNC(C)CS(C)(=O)=O)CCCC1. The van der Waals surface area contributed by atoms with E-state index in [1.165, 1.54) is 31.9 Å². The van der Waals surface area contributed by atoms with Crippen molar-refractivity contribution in [1.82, 2.24) is 5.32 Å². The van der Waals surface area contributed by atoms with E-state index in [0.717, 1.165) is 6.54 Å². The molecule has 0 heterocycles. The lowest BCUT2D eigenvalue weighted by atomic mass is 10.1. The minimum Gasteiger partial charge on any atom is -0.312 e. The largest absolute Gasteiger partial charge is 0.312 e. The molecular weight excluding hydrogens is 242 g/mol. The van der Waals surface area contributed by atoms with Gasteiger partial charge in [-0.3, -0.25) is 0 Å². The van der Waals surface area contributed by atoms with Crippen LogP contribution in [0.5, 0.6) is 0 Å². The first-order valence-electron chi connectivity index (χ1n) is 5.83. The van der Waals surface area contributed by atoms with E-state index in [0.29, 0.717) is 4.75 Å². The minimum absolute atomic E-state index is 0.0552. The maximum absolute atomic E-state index is 11.1. The van der Waals surface area contributed by atoms with Crippen LogP contribution in [0.3, 0.4) is 0 Å². The summed E-state index contributed by atoms with van der Waals surface area (Å²) in [5, 5.41) is 3.37. The van der Waals surface area contributed by atoms with Gasteiger partial charge in [0.1, 0.15) is 9.84 Å². The van der Waals surface area contributed by atoms with Gasteiger partial charge in [0, 0.05) is 23.6 Å². The Balaban J connectivity index is 2.38. The zero-order valence-electron chi connectivity index (χ0n) is 10.5. The van der Waals surface area contributed by atoms with Gasteiger partial charge < -0.3 is 5.32 Å². The third-order valence-corrected chi connectivity index (χ3v) is 5.80. The van der Waals surface area contributed by atoms with Gasteiger partial charge in [-0.25, -0.2) is 8.42 Å². The number of hydrogen-bond donors (Lipinski definition) is 1. The molecule has 0 aromatic rings. The molecule has 0 spiro atoms. The number of nitrogens with one attached hydrogen (secondary N) is 1. The highest BCUT2D eigenvalue weighted by Gasteiger charge is 2.32. The van der Waals surface area contributed by atoms with Crippen molar-refractivity contribution in [1.29, 1.82) is 0 Å². The van der Waals surface area contributed by atoms with E-state index in [1.54, 1.807) is 0 Å². The topological polar surface area (TPSA) is 46.2 Å². The van der Waals surface area contributed by atoms with Gasteiger partial charge in [0.2, 0.25) is 0 Å². The lowest BCUT2D eigenvalue weighted by Crippen LogP contribution is -2.42. The van der Waals surface area contributed by atoms with Gasteiger partial charge in [-0.1, -0.05) is 12.8 Å². The van der Waals surface area contributed by atoms with Crippen molar-refractivity contribution in [3.63, 3.8) is 0 Å². The molecule has 3 nitrogen and oxygen atoms in total. The summed E-state index contributed by atoms with van der Waals surface area (Å²) in [4.78, 5) is 0. The minimum atomic E-state index is -2.86. The maximum Gasteiger partial charge on any atom is 0.148 e. The van der Waals surface area contributed by atoms with E-state index in [2.05, 4.69) is 11.6 Å². The third-order valence-electron chi connectivity index (χ3n) is 3.27. The summed E-state index contributed by atoms with van der Waals surface area (Å²) < 4.78 is 22.6. The normalized spacial score (nSPS) is 22.2. The van der Waals surface area contributed by atoms with Gasteiger partial charge in [0.05, 0.1) is 5.75 Å². The Kier molecular flexibility index (Phi) is 5.13. The molecule has 0 amide bonds. The van der Waals surface area contributed by atoms with E-state index in [9.17, 15) is 8.42 Å². The van der Waals surface area contributed by atoms with Crippen LogP contribution < -0.4 is 5.32 Å². The predicted molar refractivity (Wildman–Crippen MR) is 71.9 cm³/mol. The van der Waals surface area contributed by atoms with Crippen molar-refractivity contribution in [3.05, 3.63) is 0 Å². The number of sulfone groups is 1. The number of thioether (sulfide) groups is 1. The molecule has 1 fully saturated rings. The average molecular weight is 265 g/mol. The van der Waals surface area contributed by atoms with Crippen LogP contribution in [0.25, 0.3) is 0 Å². The van der Waals surface area contributed by atoms with Crippen molar-refractivity contribution < 1.29 is 8.42 Å². The molecule has 0 aromatic carbocycles. The standard InChI is InChI=1S/C11H23NO2S2/c1-10(8-16(3,13)14)12-9-11(15-2)6-4-5-7-11/h10,12H,4-9H2,1-3H3. The Bertz CT molecular complexity index is 308. The highest BCUT2D eigenvalue weighted by molar-refractivity contribution is 8.00. The molecular formula is C11H23NO2S2. The van der Waals surface area contributed by atoms with E-state index >= 15 is 0 Å². The first-order chi connectivity index (χ1) is 7.37. The molecule has 0 aromatic heterocycles. The van der Waals surface area contributed by atoms with Crippen molar-refractivity contribution in [3.8, 4) is 0 Å². The zero-order chi connectivity index (χ0) is 12.2. The summed E-state index contributed by atoms with van der Waals surface area (Å²) in [5.74, 6) is 0.234. The highest BCUT2D eigenvalue weighted by atomic mass is 32.2. The molecule has 0 saturated heterocycles. The monoisotopic (exact) mass is 265 g/mol. The number of hydrogen-bond acceptors (Lipinski definition) is 4. The molecule has 0 bridgehead atoms. The molecule has 1 rings (SSSR count). The Hall–Kier alpha value is 0.260. The smallest absolute Gasteiger partial charge is 0.148 e. The average Bonchev–Trinajstić information content (AvgIpc) is 2.61. The molecule has 1 atom stereocenters. The van der Waals surface area contributed by atoms with Crippen molar-refractivity contribution in [2.24, 2.45) is 0 Å². The fourth-order valence-corrected chi connectivity index (χ4v) is 4.30. The van der Waals surface area contributed by atoms with Crippen LogP contribution in [0, 0.1) is 0 Å². The fraction of sp³-hybridized carbons (Fsp3) is 1.00. The summed E-state index contributed by atoms with van der Waals surface area (Å²) >= 11 is 1.93. The van der Waals surface area contributed by atoms with Gasteiger partial charge in [0.25, 0.3) is 0 Å². The van der Waals surface area contributed by atoms with E-state index in [4.69, 9.17) is 0 Å². The first kappa shape index (κ1) is 14.3. The molecule has 1 saturated carbocycles. The van der Waals surface area contributed by atoms with Crippen LogP contribution in [-0.2, 0) is 9.84 Å². The summed E-state index contributed by atoms with van der Waals surface area (Å²) in [6.45, 7) is 2.88. The summed E-state index contributed by atoms with van der Waals surface area (Å²) in [6, 6.07) is 0.0552. The maximum atomic E-state index is 11.1. The van der Waals surface area contributed by atoms with Gasteiger partial charge >= 0.3 is 0 Å². The van der Waals surface area contributed by atoms with Crippen molar-refractivity contribution in [2.45, 2.75) is 43.4 Å². The highest BCUT2D eigenvalue weighted by Crippen LogP contribution is 2.39. The molecule has 16 heavy (non-hydrogen) atoms. The third kappa shape index (κ3) is 4.63. The summed E-state index contributed by atoms with van der Waals surface area (Å²) in [7, 11) is -2.86. The quantitative estimate of drug-likeness (QED) is 0.794. The van der Waals surface area contributed by atoms with Crippen LogP contribution in [-0.4, -0.2) is 44.0 Å². The van der Waals surface area contributed by atoms with Crippen molar-refractivity contribution in [2.75, 3.05) is 24.8 Å². The second-order valence-corrected chi connectivity index (χ2v) is 8.43. The van der Waals surface area contributed by atoms with E-state index in [1.807, 2.05) is 18.7 Å². The Morgan fingerprint density at radius 1 is 1.38 bits per heavy atom. The van der Waals surface area contributed by atoms with Gasteiger partial charge in [-0.2, -0.15) is 11.8 Å². The van der Waals surface area contributed by atoms with Crippen LogP contribution in [0.2, 0.25) is 0 Å². The van der Waals surface area contributed by atoms with Crippen molar-refractivity contribution >= 4 is 21.6 Å². The molecule has 5 heteroatoms. The van der Waals surface area contributed by atoms with Crippen LogP contribution in [0.1, 0.15) is 32.6 Å². The molecule has 1 aliphatic carbocycles. The lowest BCUT2D eigenvalue weighted by Gasteiger charge is -2.28. The summed E-state index contributed by atoms with van der Waals surface area (Å²) in [6.07, 6.45) is 8.59. The zero-order valence-corrected chi connectivity index (χ0v) is 12.1. The fourth-order valence-electron chi connectivity index (χ4n) is 2.35. The van der Waals surface area contributed by atoms with Crippen LogP contribution in [0.4, 0.5) is 0 Å². The molecule has 0 aliphatic heterocycles. The second-order valence-electron chi connectivity index (χ2n) is 4.97. The molecule has 1 unspecified atom stereocenters. The van der Waals surface area contributed by atoms with E-state index in [-0.39, 0.29) is 11.8 Å². The van der Waals surface area contributed by atoms with Gasteiger partial charge in [-0.05, 0) is 26.0 Å². The van der Waals surface area contributed by atoms with Gasteiger partial charge in [0.15, 0.2) is 0 Å². The second kappa shape index (κ2) is 5.74. The molecule has 0 radical (unpaired) electrons. The van der Waals surface area contributed by atoms with E-state index < -0.39 is 9.84 Å². The molecule has 1 aliphatic rings. The summed E-state index contributed by atoms with van der Waals surface area (Å²) in [5.41, 5.74) is 0.